The van der Waals surface area contributed by atoms with E-state index in [2.05, 4.69) is 10.2 Å². The van der Waals surface area contributed by atoms with E-state index >= 15 is 0 Å². The van der Waals surface area contributed by atoms with Gasteiger partial charge in [0.25, 0.3) is 5.22 Å². The molecule has 0 unspecified atom stereocenters. The smallest absolute Gasteiger partial charge is 0.276 e. The molecule has 3 aromatic rings. The van der Waals surface area contributed by atoms with Crippen LogP contribution in [0.15, 0.2) is 58.2 Å². The van der Waals surface area contributed by atoms with E-state index in [1.165, 1.54) is 17.8 Å². The van der Waals surface area contributed by atoms with Gasteiger partial charge in [-0.25, -0.2) is 4.39 Å². The van der Waals surface area contributed by atoms with Crippen LogP contribution in [0.4, 0.5) is 8.78 Å². The molecule has 0 saturated heterocycles. The molecule has 6 heteroatoms. The van der Waals surface area contributed by atoms with Gasteiger partial charge in [0.05, 0.1) is 6.67 Å². The summed E-state index contributed by atoms with van der Waals surface area (Å²) in [5.41, 5.74) is 2.01. The molecule has 0 N–H and O–H groups in total. The zero-order valence-electron chi connectivity index (χ0n) is 12.9. The summed E-state index contributed by atoms with van der Waals surface area (Å²) in [4.78, 5) is 0. The molecule has 0 aliphatic rings. The van der Waals surface area contributed by atoms with E-state index in [1.54, 1.807) is 18.2 Å². The van der Waals surface area contributed by atoms with Crippen molar-refractivity contribution >= 4 is 11.8 Å². The Morgan fingerprint density at radius 1 is 0.958 bits per heavy atom. The number of rotatable bonds is 7. The Hall–Kier alpha value is -2.21. The molecule has 1 aromatic heterocycles. The highest BCUT2D eigenvalue weighted by Crippen LogP contribution is 2.29. The summed E-state index contributed by atoms with van der Waals surface area (Å²) < 4.78 is 31.6. The molecule has 124 valence electrons. The van der Waals surface area contributed by atoms with Crippen LogP contribution in [0.25, 0.3) is 22.6 Å². The van der Waals surface area contributed by atoms with E-state index in [4.69, 9.17) is 4.42 Å². The lowest BCUT2D eigenvalue weighted by Crippen LogP contribution is -1.85. The molecule has 1 heterocycles. The van der Waals surface area contributed by atoms with Gasteiger partial charge in [0.1, 0.15) is 5.82 Å². The Kier molecular flexibility index (Phi) is 5.59. The molecule has 0 atom stereocenters. The lowest BCUT2D eigenvalue weighted by Gasteiger charge is -2.04. The molecule has 0 radical (unpaired) electrons. The molecule has 0 spiro atoms. The Labute approximate surface area is 143 Å². The van der Waals surface area contributed by atoms with E-state index in [9.17, 15) is 8.78 Å². The lowest BCUT2D eigenvalue weighted by atomic mass is 10.0. The number of alkyl halides is 1. The van der Waals surface area contributed by atoms with E-state index in [1.807, 2.05) is 24.3 Å². The van der Waals surface area contributed by atoms with E-state index in [-0.39, 0.29) is 12.5 Å². The molecule has 0 saturated carbocycles. The van der Waals surface area contributed by atoms with Gasteiger partial charge in [0.2, 0.25) is 5.89 Å². The fourth-order valence-corrected chi connectivity index (χ4v) is 3.02. The minimum atomic E-state index is -0.307. The van der Waals surface area contributed by atoms with Crippen LogP contribution in [0.1, 0.15) is 12.8 Å². The zero-order chi connectivity index (χ0) is 16.8. The fourth-order valence-electron chi connectivity index (χ4n) is 2.26. The molecule has 2 aromatic carbocycles. The first-order valence-electron chi connectivity index (χ1n) is 7.65. The summed E-state index contributed by atoms with van der Waals surface area (Å²) in [5, 5.41) is 8.48. The van der Waals surface area contributed by atoms with Gasteiger partial charge in [-0.2, -0.15) is 0 Å². The van der Waals surface area contributed by atoms with Gasteiger partial charge in [-0.05, 0) is 36.6 Å². The largest absolute Gasteiger partial charge is 0.411 e. The minimum Gasteiger partial charge on any atom is -0.411 e. The van der Waals surface area contributed by atoms with Gasteiger partial charge in [-0.3, -0.25) is 4.39 Å². The van der Waals surface area contributed by atoms with E-state index in [0.717, 1.165) is 23.3 Å². The normalized spacial score (nSPS) is 10.9. The summed E-state index contributed by atoms with van der Waals surface area (Å²) in [6, 6.07) is 13.9. The van der Waals surface area contributed by atoms with Crippen molar-refractivity contribution in [2.75, 3.05) is 12.4 Å². The molecule has 0 aliphatic carbocycles. The summed E-state index contributed by atoms with van der Waals surface area (Å²) in [5.74, 6) is 0.853. The standard InChI is InChI=1S/C18H16F2N2OS/c19-10-3-4-11-24-18-22-21-17(23-18)14-7-5-6-13(12-14)15-8-1-2-9-16(15)20/h1-2,5-9,12H,3-4,10-11H2. The quantitative estimate of drug-likeness (QED) is 0.425. The average Bonchev–Trinajstić information content (AvgIpc) is 3.08. The van der Waals surface area contributed by atoms with Gasteiger partial charge in [0.15, 0.2) is 0 Å². The van der Waals surface area contributed by atoms with Crippen LogP contribution in [0, 0.1) is 5.82 Å². The molecular formula is C18H16F2N2OS. The van der Waals surface area contributed by atoms with Crippen LogP contribution in [0.2, 0.25) is 0 Å². The van der Waals surface area contributed by atoms with Crippen molar-refractivity contribution in [3.63, 3.8) is 0 Å². The third-order valence-corrected chi connectivity index (χ3v) is 4.36. The molecule has 3 nitrogen and oxygen atoms in total. The number of nitrogens with zero attached hydrogens (tertiary/aromatic N) is 2. The van der Waals surface area contributed by atoms with Crippen molar-refractivity contribution in [1.82, 2.24) is 10.2 Å². The van der Waals surface area contributed by atoms with Crippen LogP contribution in [-0.2, 0) is 0 Å². The maximum atomic E-state index is 13.9. The monoisotopic (exact) mass is 346 g/mol. The van der Waals surface area contributed by atoms with E-state index < -0.39 is 0 Å². The Morgan fingerprint density at radius 3 is 2.62 bits per heavy atom. The second-order valence-electron chi connectivity index (χ2n) is 5.18. The molecule has 24 heavy (non-hydrogen) atoms. The van der Waals surface area contributed by atoms with Gasteiger partial charge in [-0.15, -0.1) is 10.2 Å². The van der Waals surface area contributed by atoms with Crippen LogP contribution >= 0.6 is 11.8 Å². The summed E-state index contributed by atoms with van der Waals surface area (Å²) in [7, 11) is 0. The maximum absolute atomic E-state index is 13.9. The maximum Gasteiger partial charge on any atom is 0.276 e. The molecule has 0 amide bonds. The van der Waals surface area contributed by atoms with Crippen molar-refractivity contribution in [3.8, 4) is 22.6 Å². The van der Waals surface area contributed by atoms with Crippen LogP contribution in [-0.4, -0.2) is 22.6 Å². The predicted molar refractivity (Wildman–Crippen MR) is 91.1 cm³/mol. The van der Waals surface area contributed by atoms with Crippen LogP contribution in [0.3, 0.4) is 0 Å². The first kappa shape index (κ1) is 16.6. The molecule has 3 rings (SSSR count). The summed E-state index contributed by atoms with van der Waals surface area (Å²) in [6.45, 7) is -0.307. The highest BCUT2D eigenvalue weighted by atomic mass is 32.2. The van der Waals surface area contributed by atoms with Crippen molar-refractivity contribution in [1.29, 1.82) is 0 Å². The third kappa shape index (κ3) is 4.00. The highest BCUT2D eigenvalue weighted by molar-refractivity contribution is 7.99. The lowest BCUT2D eigenvalue weighted by molar-refractivity contribution is 0.461. The molecule has 0 bridgehead atoms. The number of hydrogen-bond acceptors (Lipinski definition) is 4. The van der Waals surface area contributed by atoms with Crippen molar-refractivity contribution in [3.05, 3.63) is 54.3 Å². The van der Waals surface area contributed by atoms with Crippen molar-refractivity contribution in [2.24, 2.45) is 0 Å². The first-order chi connectivity index (χ1) is 11.8. The second-order valence-corrected chi connectivity index (χ2v) is 6.22. The SMILES string of the molecule is FCCCCSc1nnc(-c2cccc(-c3ccccc3F)c2)o1. The number of benzene rings is 2. The van der Waals surface area contributed by atoms with Crippen molar-refractivity contribution < 1.29 is 13.2 Å². The molecule has 0 aliphatic heterocycles. The highest BCUT2D eigenvalue weighted by Gasteiger charge is 2.11. The minimum absolute atomic E-state index is 0.274. The summed E-state index contributed by atoms with van der Waals surface area (Å²) >= 11 is 1.41. The summed E-state index contributed by atoms with van der Waals surface area (Å²) in [6.07, 6.45) is 1.31. The fraction of sp³-hybridized carbons (Fsp3) is 0.222. The van der Waals surface area contributed by atoms with E-state index in [0.29, 0.717) is 23.1 Å². The number of halogens is 2. The van der Waals surface area contributed by atoms with Gasteiger partial charge in [-0.1, -0.05) is 42.1 Å². The zero-order valence-corrected chi connectivity index (χ0v) is 13.7. The second kappa shape index (κ2) is 8.06. The number of unbranched alkanes of at least 4 members (excludes halogenated alkanes) is 1. The number of hydrogen-bond donors (Lipinski definition) is 0. The third-order valence-electron chi connectivity index (χ3n) is 3.45. The Balaban J connectivity index is 1.77. The Bertz CT molecular complexity index is 807. The number of thioether (sulfide) groups is 1. The van der Waals surface area contributed by atoms with Crippen LogP contribution < -0.4 is 0 Å². The first-order valence-corrected chi connectivity index (χ1v) is 8.64. The van der Waals surface area contributed by atoms with Crippen LogP contribution in [0.5, 0.6) is 0 Å². The topological polar surface area (TPSA) is 38.9 Å². The Morgan fingerprint density at radius 2 is 1.79 bits per heavy atom. The predicted octanol–water partition coefficient (Wildman–Crippen LogP) is 5.38. The van der Waals surface area contributed by atoms with Gasteiger partial charge in [0, 0.05) is 16.9 Å². The van der Waals surface area contributed by atoms with Gasteiger partial charge < -0.3 is 4.42 Å². The number of aromatic nitrogens is 2. The molecular weight excluding hydrogens is 330 g/mol. The van der Waals surface area contributed by atoms with Gasteiger partial charge >= 0.3 is 0 Å². The van der Waals surface area contributed by atoms with Crippen molar-refractivity contribution in [2.45, 2.75) is 18.1 Å². The average molecular weight is 346 g/mol. The molecule has 0 fully saturated rings.